The Labute approximate surface area is 112 Å². The van der Waals surface area contributed by atoms with Crippen LogP contribution in [0.1, 0.15) is 32.4 Å². The highest BCUT2D eigenvalue weighted by Crippen LogP contribution is 2.25. The Morgan fingerprint density at radius 1 is 1.37 bits per heavy atom. The van der Waals surface area contributed by atoms with Crippen molar-refractivity contribution in [3.05, 3.63) is 23.8 Å². The van der Waals surface area contributed by atoms with E-state index >= 15 is 0 Å². The molecule has 0 fully saturated rings. The minimum Gasteiger partial charge on any atom is -0.369 e. The number of aromatic nitrogens is 2. The molecule has 0 spiro atoms. The minimum atomic E-state index is -0.380. The third kappa shape index (κ3) is 2.41. The van der Waals surface area contributed by atoms with Gasteiger partial charge in [0, 0.05) is 6.04 Å². The Hall–Kier alpha value is -2.04. The summed E-state index contributed by atoms with van der Waals surface area (Å²) < 4.78 is 1.78. The van der Waals surface area contributed by atoms with Crippen molar-refractivity contribution in [3.63, 3.8) is 0 Å². The molecule has 0 saturated carbocycles. The Morgan fingerprint density at radius 3 is 2.68 bits per heavy atom. The van der Waals surface area contributed by atoms with Gasteiger partial charge in [-0.25, -0.2) is 4.98 Å². The van der Waals surface area contributed by atoms with Crippen LogP contribution in [0.2, 0.25) is 0 Å². The van der Waals surface area contributed by atoms with Crippen LogP contribution >= 0.6 is 0 Å². The molecular formula is C14H20N4O. The first-order valence-corrected chi connectivity index (χ1v) is 6.45. The number of fused-ring (bicyclic) bond motifs is 1. The van der Waals surface area contributed by atoms with Crippen LogP contribution in [0, 0.1) is 6.92 Å². The molecule has 0 radical (unpaired) electrons. The molecule has 1 unspecified atom stereocenters. The fraction of sp³-hybridized carbons (Fsp3) is 0.429. The summed E-state index contributed by atoms with van der Waals surface area (Å²) in [6, 6.07) is 5.59. The molecule has 102 valence electrons. The van der Waals surface area contributed by atoms with E-state index in [-0.39, 0.29) is 18.0 Å². The average Bonchev–Trinajstić information content (AvgIpc) is 2.65. The van der Waals surface area contributed by atoms with Gasteiger partial charge in [-0.3, -0.25) is 9.36 Å². The highest BCUT2D eigenvalue weighted by molar-refractivity contribution is 5.86. The molecule has 0 aliphatic heterocycles. The SMILES string of the molecule is Cc1cccc2c1nc(N)n2C(C)C(=O)NC(C)C. The van der Waals surface area contributed by atoms with Crippen LogP contribution in [0.15, 0.2) is 18.2 Å². The van der Waals surface area contributed by atoms with E-state index in [0.717, 1.165) is 16.6 Å². The van der Waals surface area contributed by atoms with Gasteiger partial charge in [0.15, 0.2) is 0 Å². The predicted molar refractivity (Wildman–Crippen MR) is 76.9 cm³/mol. The van der Waals surface area contributed by atoms with Crippen LogP contribution in [0.4, 0.5) is 5.95 Å². The minimum absolute atomic E-state index is 0.0532. The van der Waals surface area contributed by atoms with Gasteiger partial charge in [-0.15, -0.1) is 0 Å². The number of hydrogen-bond acceptors (Lipinski definition) is 3. The zero-order chi connectivity index (χ0) is 14.2. The molecule has 1 aromatic carbocycles. The molecule has 1 heterocycles. The predicted octanol–water partition coefficient (Wildman–Crippen LogP) is 2.01. The summed E-state index contributed by atoms with van der Waals surface area (Å²) in [6.07, 6.45) is 0. The zero-order valence-electron chi connectivity index (χ0n) is 11.8. The quantitative estimate of drug-likeness (QED) is 0.886. The molecular weight excluding hydrogens is 240 g/mol. The van der Waals surface area contributed by atoms with Gasteiger partial charge in [-0.2, -0.15) is 0 Å². The second kappa shape index (κ2) is 4.91. The van der Waals surface area contributed by atoms with Crippen LogP contribution < -0.4 is 11.1 Å². The fourth-order valence-corrected chi connectivity index (χ4v) is 2.20. The molecule has 3 N–H and O–H groups in total. The lowest BCUT2D eigenvalue weighted by atomic mass is 10.2. The summed E-state index contributed by atoms with van der Waals surface area (Å²) in [6.45, 7) is 7.68. The fourth-order valence-electron chi connectivity index (χ4n) is 2.20. The van der Waals surface area contributed by atoms with Gasteiger partial charge >= 0.3 is 0 Å². The van der Waals surface area contributed by atoms with E-state index in [0.29, 0.717) is 5.95 Å². The van der Waals surface area contributed by atoms with E-state index in [1.165, 1.54) is 0 Å². The van der Waals surface area contributed by atoms with Crippen LogP contribution in [-0.2, 0) is 4.79 Å². The van der Waals surface area contributed by atoms with Crippen molar-refractivity contribution in [2.24, 2.45) is 0 Å². The summed E-state index contributed by atoms with van der Waals surface area (Å²) in [5.74, 6) is 0.318. The van der Waals surface area contributed by atoms with Gasteiger partial charge in [0.05, 0.1) is 11.0 Å². The number of aryl methyl sites for hydroxylation is 1. The van der Waals surface area contributed by atoms with E-state index in [9.17, 15) is 4.79 Å². The van der Waals surface area contributed by atoms with Crippen molar-refractivity contribution in [3.8, 4) is 0 Å². The van der Waals surface area contributed by atoms with Crippen molar-refractivity contribution in [1.29, 1.82) is 0 Å². The number of rotatable bonds is 3. The molecule has 5 heteroatoms. The lowest BCUT2D eigenvalue weighted by Gasteiger charge is -2.17. The van der Waals surface area contributed by atoms with Crippen molar-refractivity contribution in [2.45, 2.75) is 39.8 Å². The molecule has 1 atom stereocenters. The third-order valence-corrected chi connectivity index (χ3v) is 3.15. The number of nitrogen functional groups attached to an aromatic ring is 1. The number of imidazole rings is 1. The monoisotopic (exact) mass is 260 g/mol. The molecule has 5 nitrogen and oxygen atoms in total. The molecule has 2 rings (SSSR count). The number of nitrogens with two attached hydrogens (primary N) is 1. The highest BCUT2D eigenvalue weighted by Gasteiger charge is 2.21. The number of nitrogens with one attached hydrogen (secondary N) is 1. The summed E-state index contributed by atoms with van der Waals surface area (Å²) in [4.78, 5) is 16.5. The highest BCUT2D eigenvalue weighted by atomic mass is 16.2. The number of carbonyl (C=O) groups is 1. The van der Waals surface area contributed by atoms with E-state index in [2.05, 4.69) is 10.3 Å². The van der Waals surface area contributed by atoms with E-state index in [4.69, 9.17) is 5.73 Å². The molecule has 0 aliphatic carbocycles. The van der Waals surface area contributed by atoms with Gasteiger partial charge in [0.1, 0.15) is 6.04 Å². The summed E-state index contributed by atoms with van der Waals surface area (Å²) in [7, 11) is 0. The van der Waals surface area contributed by atoms with Gasteiger partial charge in [-0.05, 0) is 39.3 Å². The number of para-hydroxylation sites is 1. The Bertz CT molecular complexity index is 615. The third-order valence-electron chi connectivity index (χ3n) is 3.15. The first kappa shape index (κ1) is 13.4. The van der Waals surface area contributed by atoms with Crippen molar-refractivity contribution < 1.29 is 4.79 Å². The topological polar surface area (TPSA) is 72.9 Å². The first-order chi connectivity index (χ1) is 8.91. The first-order valence-electron chi connectivity index (χ1n) is 6.45. The van der Waals surface area contributed by atoms with E-state index in [1.807, 2.05) is 45.9 Å². The van der Waals surface area contributed by atoms with Crippen molar-refractivity contribution >= 4 is 22.9 Å². The Kier molecular flexibility index (Phi) is 3.46. The number of hydrogen-bond donors (Lipinski definition) is 2. The van der Waals surface area contributed by atoms with Gasteiger partial charge in [0.25, 0.3) is 0 Å². The molecule has 1 amide bonds. The number of nitrogens with zero attached hydrogens (tertiary/aromatic N) is 2. The smallest absolute Gasteiger partial charge is 0.243 e. The summed E-state index contributed by atoms with van der Waals surface area (Å²) in [5.41, 5.74) is 8.76. The normalized spacial score (nSPS) is 12.9. The summed E-state index contributed by atoms with van der Waals surface area (Å²) in [5, 5.41) is 2.89. The largest absolute Gasteiger partial charge is 0.369 e. The maximum Gasteiger partial charge on any atom is 0.243 e. The number of benzene rings is 1. The Morgan fingerprint density at radius 2 is 2.05 bits per heavy atom. The van der Waals surface area contributed by atoms with Gasteiger partial charge in [0.2, 0.25) is 11.9 Å². The standard InChI is InChI=1S/C14H20N4O/c1-8(2)16-13(19)10(4)18-11-7-5-6-9(3)12(11)17-14(18)15/h5-8,10H,1-4H3,(H2,15,17)(H,16,19). The number of carbonyl (C=O) groups excluding carboxylic acids is 1. The van der Waals surface area contributed by atoms with Gasteiger partial charge in [-0.1, -0.05) is 12.1 Å². The molecule has 0 saturated heterocycles. The number of anilines is 1. The van der Waals surface area contributed by atoms with Gasteiger partial charge < -0.3 is 11.1 Å². The lowest BCUT2D eigenvalue weighted by molar-refractivity contribution is -0.124. The molecule has 19 heavy (non-hydrogen) atoms. The van der Waals surface area contributed by atoms with Crippen LogP contribution in [0.5, 0.6) is 0 Å². The van der Waals surface area contributed by atoms with Crippen molar-refractivity contribution in [2.75, 3.05) is 5.73 Å². The lowest BCUT2D eigenvalue weighted by Crippen LogP contribution is -2.36. The van der Waals surface area contributed by atoms with E-state index < -0.39 is 0 Å². The molecule has 1 aromatic heterocycles. The van der Waals surface area contributed by atoms with E-state index in [1.54, 1.807) is 4.57 Å². The van der Waals surface area contributed by atoms with Crippen LogP contribution in [0.25, 0.3) is 11.0 Å². The molecule has 0 bridgehead atoms. The van der Waals surface area contributed by atoms with Crippen molar-refractivity contribution in [1.82, 2.24) is 14.9 Å². The number of amides is 1. The molecule has 2 aromatic rings. The van der Waals surface area contributed by atoms with Crippen LogP contribution in [0.3, 0.4) is 0 Å². The second-order valence-electron chi connectivity index (χ2n) is 5.12. The zero-order valence-corrected chi connectivity index (χ0v) is 11.8. The van der Waals surface area contributed by atoms with Crippen LogP contribution in [-0.4, -0.2) is 21.5 Å². The maximum atomic E-state index is 12.1. The maximum absolute atomic E-state index is 12.1. The molecule has 0 aliphatic rings. The average molecular weight is 260 g/mol. The Balaban J connectivity index is 2.47. The summed E-state index contributed by atoms with van der Waals surface area (Å²) >= 11 is 0. The second-order valence-corrected chi connectivity index (χ2v) is 5.12.